The molecule has 3 rings (SSSR count). The van der Waals surface area contributed by atoms with Crippen LogP contribution in [0.3, 0.4) is 0 Å². The number of aromatic amines is 1. The molecule has 7 heteroatoms. The Bertz CT molecular complexity index is 998. The molecule has 0 saturated heterocycles. The number of hydrogen-bond acceptors (Lipinski definition) is 5. The summed E-state index contributed by atoms with van der Waals surface area (Å²) in [5, 5.41) is 7.32. The quantitative estimate of drug-likeness (QED) is 0.706. The average Bonchev–Trinajstić information content (AvgIpc) is 2.68. The zero-order valence-corrected chi connectivity index (χ0v) is 14.1. The van der Waals surface area contributed by atoms with Crippen molar-refractivity contribution in [3.8, 4) is 0 Å². The fourth-order valence-electron chi connectivity index (χ4n) is 2.53. The predicted octanol–water partition coefficient (Wildman–Crippen LogP) is 1.67. The molecule has 0 atom stereocenters. The number of carbonyl (C=O) groups is 2. The number of para-hydroxylation sites is 1. The second-order valence-electron chi connectivity index (χ2n) is 5.67. The van der Waals surface area contributed by atoms with Crippen molar-refractivity contribution in [1.29, 1.82) is 0 Å². The minimum atomic E-state index is -0.593. The monoisotopic (exact) mass is 351 g/mol. The van der Waals surface area contributed by atoms with Gasteiger partial charge in [0.05, 0.1) is 17.5 Å². The Morgan fingerprint density at radius 1 is 1.04 bits per heavy atom. The van der Waals surface area contributed by atoms with E-state index in [1.165, 1.54) is 4.90 Å². The van der Waals surface area contributed by atoms with Crippen LogP contribution in [0.4, 0.5) is 5.69 Å². The number of carbonyl (C=O) groups excluding carboxylic acids is 2. The van der Waals surface area contributed by atoms with Gasteiger partial charge in [0.15, 0.2) is 6.61 Å². The van der Waals surface area contributed by atoms with Crippen molar-refractivity contribution in [1.82, 2.24) is 10.2 Å². The van der Waals surface area contributed by atoms with Crippen molar-refractivity contribution < 1.29 is 14.3 Å². The van der Waals surface area contributed by atoms with E-state index in [-0.39, 0.29) is 24.5 Å². The topological polar surface area (TPSA) is 92.4 Å². The molecule has 26 heavy (non-hydrogen) atoms. The molecule has 0 aliphatic rings. The van der Waals surface area contributed by atoms with Gasteiger partial charge in [-0.05, 0) is 18.2 Å². The van der Waals surface area contributed by atoms with E-state index in [4.69, 9.17) is 4.74 Å². The highest BCUT2D eigenvalue weighted by Gasteiger charge is 2.16. The summed E-state index contributed by atoms with van der Waals surface area (Å²) in [6.45, 7) is -0.370. The van der Waals surface area contributed by atoms with E-state index in [0.29, 0.717) is 22.2 Å². The standard InChI is InChI=1S/C19H17N3O4/c1-22(13-7-3-2-4-8-13)17(23)12-26-18(24)11-16-14-9-5-6-10-15(14)19(25)21-20-16/h2-10H,11-12H2,1H3,(H,21,25). The van der Waals surface area contributed by atoms with Gasteiger partial charge in [0, 0.05) is 18.1 Å². The number of fused-ring (bicyclic) bond motifs is 1. The third kappa shape index (κ3) is 3.77. The van der Waals surface area contributed by atoms with Crippen LogP contribution in [0.2, 0.25) is 0 Å². The van der Waals surface area contributed by atoms with E-state index in [1.54, 1.807) is 43.4 Å². The molecule has 1 amide bonds. The predicted molar refractivity (Wildman–Crippen MR) is 96.9 cm³/mol. The van der Waals surface area contributed by atoms with Gasteiger partial charge in [-0.1, -0.05) is 36.4 Å². The number of hydrogen-bond donors (Lipinski definition) is 1. The van der Waals surface area contributed by atoms with Crippen molar-refractivity contribution in [3.05, 3.63) is 70.6 Å². The summed E-state index contributed by atoms with van der Waals surface area (Å²) in [5.74, 6) is -0.937. The molecule has 0 fully saturated rings. The van der Waals surface area contributed by atoms with Gasteiger partial charge >= 0.3 is 5.97 Å². The molecule has 2 aromatic carbocycles. The van der Waals surface area contributed by atoms with E-state index < -0.39 is 5.97 Å². The summed E-state index contributed by atoms with van der Waals surface area (Å²) < 4.78 is 5.07. The molecule has 1 N–H and O–H groups in total. The van der Waals surface area contributed by atoms with Gasteiger partial charge < -0.3 is 9.64 Å². The van der Waals surface area contributed by atoms with Gasteiger partial charge in [-0.3, -0.25) is 14.4 Å². The Hall–Kier alpha value is -3.48. The molecule has 132 valence electrons. The van der Waals surface area contributed by atoms with Crippen LogP contribution in [0.15, 0.2) is 59.4 Å². The van der Waals surface area contributed by atoms with Crippen LogP contribution in [0, 0.1) is 0 Å². The number of H-pyrrole nitrogens is 1. The lowest BCUT2D eigenvalue weighted by atomic mass is 10.1. The molecule has 7 nitrogen and oxygen atoms in total. The van der Waals surface area contributed by atoms with Crippen LogP contribution >= 0.6 is 0 Å². The number of nitrogens with one attached hydrogen (secondary N) is 1. The van der Waals surface area contributed by atoms with Crippen molar-refractivity contribution in [2.24, 2.45) is 0 Å². The molecule has 3 aromatic rings. The van der Waals surface area contributed by atoms with Crippen LogP contribution in [-0.2, 0) is 20.7 Å². The number of ether oxygens (including phenoxy) is 1. The SMILES string of the molecule is CN(C(=O)COC(=O)Cc1n[nH]c(=O)c2ccccc12)c1ccccc1. The second kappa shape index (κ2) is 7.60. The fraction of sp³-hybridized carbons (Fsp3) is 0.158. The normalized spacial score (nSPS) is 10.5. The number of anilines is 1. The number of esters is 1. The number of aromatic nitrogens is 2. The Labute approximate surface area is 149 Å². The van der Waals surface area contributed by atoms with Crippen molar-refractivity contribution >= 4 is 28.3 Å². The molecular weight excluding hydrogens is 334 g/mol. The van der Waals surface area contributed by atoms with Gasteiger partial charge in [-0.2, -0.15) is 5.10 Å². The molecule has 0 saturated carbocycles. The summed E-state index contributed by atoms with van der Waals surface area (Å²) in [6.07, 6.45) is -0.139. The Kier molecular flexibility index (Phi) is 5.07. The zero-order valence-electron chi connectivity index (χ0n) is 14.1. The zero-order chi connectivity index (χ0) is 18.5. The van der Waals surface area contributed by atoms with E-state index in [2.05, 4.69) is 10.2 Å². The number of nitrogens with zero attached hydrogens (tertiary/aromatic N) is 2. The van der Waals surface area contributed by atoms with Gasteiger partial charge in [0.1, 0.15) is 0 Å². The summed E-state index contributed by atoms with van der Waals surface area (Å²) in [4.78, 5) is 37.4. The number of likely N-dealkylation sites (N-methyl/N-ethyl adjacent to an activating group) is 1. The van der Waals surface area contributed by atoms with Gasteiger partial charge in [0.25, 0.3) is 11.5 Å². The minimum absolute atomic E-state index is 0.139. The summed E-state index contributed by atoms with van der Waals surface area (Å²) >= 11 is 0. The first-order chi connectivity index (χ1) is 12.6. The Morgan fingerprint density at radius 2 is 1.69 bits per heavy atom. The Morgan fingerprint density at radius 3 is 2.42 bits per heavy atom. The van der Waals surface area contributed by atoms with Crippen LogP contribution < -0.4 is 10.5 Å². The Balaban J connectivity index is 1.64. The third-order valence-corrected chi connectivity index (χ3v) is 3.96. The van der Waals surface area contributed by atoms with Gasteiger partial charge in [0.2, 0.25) is 0 Å². The third-order valence-electron chi connectivity index (χ3n) is 3.96. The van der Waals surface area contributed by atoms with Gasteiger partial charge in [-0.25, -0.2) is 5.10 Å². The maximum absolute atomic E-state index is 12.1. The van der Waals surface area contributed by atoms with E-state index >= 15 is 0 Å². The summed E-state index contributed by atoms with van der Waals surface area (Å²) in [7, 11) is 1.61. The maximum Gasteiger partial charge on any atom is 0.312 e. The van der Waals surface area contributed by atoms with Crippen molar-refractivity contribution in [3.63, 3.8) is 0 Å². The number of amides is 1. The summed E-state index contributed by atoms with van der Waals surface area (Å²) in [5.41, 5.74) is 0.785. The highest BCUT2D eigenvalue weighted by molar-refractivity contribution is 5.95. The lowest BCUT2D eigenvalue weighted by Gasteiger charge is -2.17. The van der Waals surface area contributed by atoms with Crippen LogP contribution in [-0.4, -0.2) is 35.7 Å². The highest BCUT2D eigenvalue weighted by atomic mass is 16.5. The van der Waals surface area contributed by atoms with Gasteiger partial charge in [-0.15, -0.1) is 0 Å². The fourth-order valence-corrected chi connectivity index (χ4v) is 2.53. The lowest BCUT2D eigenvalue weighted by molar-refractivity contribution is -0.147. The first-order valence-corrected chi connectivity index (χ1v) is 8.00. The highest BCUT2D eigenvalue weighted by Crippen LogP contribution is 2.14. The van der Waals surface area contributed by atoms with Crippen LogP contribution in [0.1, 0.15) is 5.69 Å². The lowest BCUT2D eigenvalue weighted by Crippen LogP contribution is -2.31. The molecular formula is C19H17N3O4. The molecule has 0 unspecified atom stereocenters. The number of rotatable bonds is 5. The van der Waals surface area contributed by atoms with Crippen LogP contribution in [0.25, 0.3) is 10.8 Å². The summed E-state index contributed by atoms with van der Waals surface area (Å²) in [6, 6.07) is 15.9. The van der Waals surface area contributed by atoms with Crippen LogP contribution in [0.5, 0.6) is 0 Å². The average molecular weight is 351 g/mol. The van der Waals surface area contributed by atoms with Crippen molar-refractivity contribution in [2.75, 3.05) is 18.6 Å². The number of benzene rings is 2. The van der Waals surface area contributed by atoms with Crippen molar-refractivity contribution in [2.45, 2.75) is 6.42 Å². The van der Waals surface area contributed by atoms with E-state index in [1.807, 2.05) is 18.2 Å². The molecule has 0 aliphatic heterocycles. The van der Waals surface area contributed by atoms with E-state index in [0.717, 1.165) is 0 Å². The maximum atomic E-state index is 12.1. The molecule has 0 aliphatic carbocycles. The van der Waals surface area contributed by atoms with E-state index in [9.17, 15) is 14.4 Å². The molecule has 1 aromatic heterocycles. The minimum Gasteiger partial charge on any atom is -0.455 e. The first-order valence-electron chi connectivity index (χ1n) is 8.00. The molecule has 0 radical (unpaired) electrons. The smallest absolute Gasteiger partial charge is 0.312 e. The molecule has 1 heterocycles. The second-order valence-corrected chi connectivity index (χ2v) is 5.67. The molecule has 0 spiro atoms. The first kappa shape index (κ1) is 17.3. The molecule has 0 bridgehead atoms. The largest absolute Gasteiger partial charge is 0.455 e.